The second kappa shape index (κ2) is 11.6. The number of benzene rings is 5. The summed E-state index contributed by atoms with van der Waals surface area (Å²) in [4.78, 5) is 0. The zero-order chi connectivity index (χ0) is 25.3. The minimum Gasteiger partial charge on any atom is -0.489 e. The Hall–Kier alpha value is -4.96. The Morgan fingerprint density at radius 1 is 0.459 bits per heavy atom. The van der Waals surface area contributed by atoms with Crippen LogP contribution in [0.2, 0.25) is 0 Å². The van der Waals surface area contributed by atoms with Crippen LogP contribution in [0.5, 0.6) is 34.5 Å². The Bertz CT molecular complexity index is 1410. The Morgan fingerprint density at radius 3 is 1.41 bits per heavy atom. The van der Waals surface area contributed by atoms with Gasteiger partial charge in [0, 0.05) is 5.56 Å². The van der Waals surface area contributed by atoms with E-state index in [-0.39, 0.29) is 0 Å². The molecule has 0 aliphatic heterocycles. The first-order valence-corrected chi connectivity index (χ1v) is 12.0. The van der Waals surface area contributed by atoms with E-state index < -0.39 is 0 Å². The molecule has 0 bridgehead atoms. The summed E-state index contributed by atoms with van der Waals surface area (Å²) in [6.45, 7) is 4.53. The lowest BCUT2D eigenvalue weighted by Gasteiger charge is -2.11. The fourth-order valence-corrected chi connectivity index (χ4v) is 3.58. The van der Waals surface area contributed by atoms with Gasteiger partial charge < -0.3 is 18.9 Å². The van der Waals surface area contributed by atoms with Gasteiger partial charge in [-0.25, -0.2) is 0 Å². The molecule has 0 unspecified atom stereocenters. The van der Waals surface area contributed by atoms with Crippen LogP contribution in [0.1, 0.15) is 11.1 Å². The lowest BCUT2D eigenvalue weighted by Crippen LogP contribution is -1.97. The van der Waals surface area contributed by atoms with E-state index >= 15 is 0 Å². The number of para-hydroxylation sites is 2. The molecule has 0 radical (unpaired) electrons. The molecule has 0 heterocycles. The number of rotatable bonds is 10. The first-order chi connectivity index (χ1) is 18.2. The molecule has 0 saturated carbocycles. The van der Waals surface area contributed by atoms with Crippen molar-refractivity contribution in [3.05, 3.63) is 151 Å². The molecule has 0 aromatic heterocycles. The molecule has 4 heteroatoms. The van der Waals surface area contributed by atoms with Crippen LogP contribution in [0.3, 0.4) is 0 Å². The average Bonchev–Trinajstić information content (AvgIpc) is 2.95. The van der Waals surface area contributed by atoms with E-state index in [1.54, 1.807) is 0 Å². The highest BCUT2D eigenvalue weighted by Gasteiger charge is 2.05. The normalized spacial score (nSPS) is 10.4. The summed E-state index contributed by atoms with van der Waals surface area (Å²) in [6, 6.07) is 42.4. The van der Waals surface area contributed by atoms with Crippen LogP contribution in [-0.2, 0) is 6.61 Å². The third-order valence-corrected chi connectivity index (χ3v) is 5.53. The van der Waals surface area contributed by atoms with E-state index in [2.05, 4.69) is 6.58 Å². The fraction of sp³-hybridized carbons (Fsp3) is 0.0303. The van der Waals surface area contributed by atoms with Gasteiger partial charge in [0.25, 0.3) is 0 Å². The summed E-state index contributed by atoms with van der Waals surface area (Å²) < 4.78 is 23.5. The maximum Gasteiger partial charge on any atom is 0.127 e. The minimum atomic E-state index is 0.454. The van der Waals surface area contributed by atoms with E-state index in [1.165, 1.54) is 0 Å². The summed E-state index contributed by atoms with van der Waals surface area (Å²) in [5.41, 5.74) is 1.94. The van der Waals surface area contributed by atoms with Gasteiger partial charge in [-0.1, -0.05) is 67.2 Å². The molecule has 0 amide bonds. The maximum atomic E-state index is 5.94. The Kier molecular flexibility index (Phi) is 7.48. The molecule has 0 N–H and O–H groups in total. The Labute approximate surface area is 217 Å². The molecule has 4 nitrogen and oxygen atoms in total. The molecule has 5 aromatic rings. The van der Waals surface area contributed by atoms with E-state index in [0.29, 0.717) is 18.1 Å². The second-order valence-corrected chi connectivity index (χ2v) is 8.28. The van der Waals surface area contributed by atoms with Crippen molar-refractivity contribution in [2.75, 3.05) is 0 Å². The summed E-state index contributed by atoms with van der Waals surface area (Å²) in [5.74, 6) is 5.13. The molecule has 5 aromatic carbocycles. The SMILES string of the molecule is C=C(Oc1ccc(Oc2ccccc2)cc1)c1ccc(COc2ccc(Oc3ccccc3)cc2)cc1. The predicted octanol–water partition coefficient (Wildman–Crippen LogP) is 8.90. The van der Waals surface area contributed by atoms with Crippen molar-refractivity contribution in [2.45, 2.75) is 6.61 Å². The third kappa shape index (κ3) is 6.80. The zero-order valence-corrected chi connectivity index (χ0v) is 20.2. The molecule has 182 valence electrons. The minimum absolute atomic E-state index is 0.454. The summed E-state index contributed by atoms with van der Waals surface area (Å²) in [6.07, 6.45) is 0. The topological polar surface area (TPSA) is 36.9 Å². The van der Waals surface area contributed by atoms with Gasteiger partial charge in [-0.15, -0.1) is 0 Å². The lowest BCUT2D eigenvalue weighted by molar-refractivity contribution is 0.305. The second-order valence-electron chi connectivity index (χ2n) is 8.28. The molecule has 0 aliphatic carbocycles. The van der Waals surface area contributed by atoms with Crippen molar-refractivity contribution in [2.24, 2.45) is 0 Å². The first kappa shape index (κ1) is 23.8. The highest BCUT2D eigenvalue weighted by atomic mass is 16.5. The van der Waals surface area contributed by atoms with Crippen molar-refractivity contribution >= 4 is 5.76 Å². The van der Waals surface area contributed by atoms with Gasteiger partial charge >= 0.3 is 0 Å². The third-order valence-electron chi connectivity index (χ3n) is 5.53. The van der Waals surface area contributed by atoms with Crippen molar-refractivity contribution in [3.8, 4) is 34.5 Å². The molecule has 0 fully saturated rings. The molecule has 37 heavy (non-hydrogen) atoms. The van der Waals surface area contributed by atoms with Crippen molar-refractivity contribution in [1.29, 1.82) is 0 Å². The van der Waals surface area contributed by atoms with Gasteiger partial charge in [0.05, 0.1) is 0 Å². The van der Waals surface area contributed by atoms with Gasteiger partial charge in [0.1, 0.15) is 46.9 Å². The largest absolute Gasteiger partial charge is 0.489 e. The molecular formula is C33H26O4. The molecular weight excluding hydrogens is 460 g/mol. The standard InChI is InChI=1S/C33H26O4/c1-25(35-31-20-22-33(23-21-31)37-30-10-6-3-7-11-30)27-14-12-26(13-15-27)24-34-28-16-18-32(19-17-28)36-29-8-4-2-5-9-29/h2-23H,1,24H2. The Balaban J connectivity index is 1.11. The van der Waals surface area contributed by atoms with Crippen molar-refractivity contribution < 1.29 is 18.9 Å². The van der Waals surface area contributed by atoms with Gasteiger partial charge in [0.15, 0.2) is 0 Å². The molecule has 0 aliphatic rings. The monoisotopic (exact) mass is 486 g/mol. The fourth-order valence-electron chi connectivity index (χ4n) is 3.58. The smallest absolute Gasteiger partial charge is 0.127 e. The van der Waals surface area contributed by atoms with Crippen LogP contribution in [0.15, 0.2) is 140 Å². The van der Waals surface area contributed by atoms with Crippen molar-refractivity contribution in [1.82, 2.24) is 0 Å². The van der Waals surface area contributed by atoms with E-state index in [1.807, 2.05) is 133 Å². The van der Waals surface area contributed by atoms with Crippen LogP contribution >= 0.6 is 0 Å². The van der Waals surface area contributed by atoms with Gasteiger partial charge in [0.2, 0.25) is 0 Å². The van der Waals surface area contributed by atoms with Gasteiger partial charge in [-0.05, 0) is 78.4 Å². The van der Waals surface area contributed by atoms with Crippen LogP contribution < -0.4 is 18.9 Å². The van der Waals surface area contributed by atoms with Crippen LogP contribution in [0.25, 0.3) is 5.76 Å². The van der Waals surface area contributed by atoms with E-state index in [0.717, 1.165) is 39.9 Å². The van der Waals surface area contributed by atoms with Crippen LogP contribution in [0, 0.1) is 0 Å². The van der Waals surface area contributed by atoms with E-state index in [4.69, 9.17) is 18.9 Å². The molecule has 5 rings (SSSR count). The quantitative estimate of drug-likeness (QED) is 0.185. The van der Waals surface area contributed by atoms with Crippen LogP contribution in [0.4, 0.5) is 0 Å². The van der Waals surface area contributed by atoms with E-state index in [9.17, 15) is 0 Å². The first-order valence-electron chi connectivity index (χ1n) is 12.0. The summed E-state index contributed by atoms with van der Waals surface area (Å²) >= 11 is 0. The Morgan fingerprint density at radius 2 is 0.892 bits per heavy atom. The number of hydrogen-bond donors (Lipinski definition) is 0. The average molecular weight is 487 g/mol. The highest BCUT2D eigenvalue weighted by molar-refractivity contribution is 5.60. The predicted molar refractivity (Wildman–Crippen MR) is 146 cm³/mol. The number of ether oxygens (including phenoxy) is 4. The van der Waals surface area contributed by atoms with Crippen molar-refractivity contribution in [3.63, 3.8) is 0 Å². The molecule has 0 spiro atoms. The zero-order valence-electron chi connectivity index (χ0n) is 20.2. The van der Waals surface area contributed by atoms with Gasteiger partial charge in [-0.2, -0.15) is 0 Å². The van der Waals surface area contributed by atoms with Crippen LogP contribution in [-0.4, -0.2) is 0 Å². The maximum absolute atomic E-state index is 5.94. The van der Waals surface area contributed by atoms with Gasteiger partial charge in [-0.3, -0.25) is 0 Å². The molecule has 0 atom stereocenters. The summed E-state index contributed by atoms with van der Waals surface area (Å²) in [7, 11) is 0. The highest BCUT2D eigenvalue weighted by Crippen LogP contribution is 2.27. The lowest BCUT2D eigenvalue weighted by atomic mass is 10.1. The number of hydrogen-bond acceptors (Lipinski definition) is 4. The molecule has 0 saturated heterocycles. The summed E-state index contributed by atoms with van der Waals surface area (Å²) in [5, 5.41) is 0.